The average molecular weight is 593 g/mol. The van der Waals surface area contributed by atoms with Crippen LogP contribution in [0.15, 0.2) is 84.9 Å². The lowest BCUT2D eigenvalue weighted by Gasteiger charge is -2.43. The Morgan fingerprint density at radius 1 is 0.795 bits per heavy atom. The zero-order chi connectivity index (χ0) is 30.7. The smallest absolute Gasteiger partial charge is 0.410 e. The lowest BCUT2D eigenvalue weighted by atomic mass is 10.1. The number of amides is 1. The summed E-state index contributed by atoms with van der Waals surface area (Å²) in [6, 6.07) is 28.6. The minimum absolute atomic E-state index is 0.231. The number of pyridine rings is 2. The van der Waals surface area contributed by atoms with Gasteiger partial charge in [0.15, 0.2) is 0 Å². The lowest BCUT2D eigenvalue weighted by Crippen LogP contribution is -2.56. The van der Waals surface area contributed by atoms with Crippen LogP contribution in [0.1, 0.15) is 50.4 Å². The van der Waals surface area contributed by atoms with E-state index in [0.29, 0.717) is 38.1 Å². The zero-order valence-electron chi connectivity index (χ0n) is 25.9. The Hall–Kier alpha value is -4.59. The molecule has 2 aliphatic heterocycles. The summed E-state index contributed by atoms with van der Waals surface area (Å²) in [4.78, 5) is 26.9. The normalized spacial score (nSPS) is 17.8. The van der Waals surface area contributed by atoms with Gasteiger partial charge < -0.3 is 24.0 Å². The molecule has 0 spiro atoms. The van der Waals surface area contributed by atoms with Gasteiger partial charge in [0.1, 0.15) is 18.8 Å². The minimum atomic E-state index is -0.506. The molecule has 2 aliphatic rings. The van der Waals surface area contributed by atoms with Gasteiger partial charge >= 0.3 is 6.09 Å². The second-order valence-electron chi connectivity index (χ2n) is 12.5. The van der Waals surface area contributed by atoms with Crippen LogP contribution in [0, 0.1) is 6.92 Å². The van der Waals surface area contributed by atoms with Crippen molar-refractivity contribution < 1.29 is 19.0 Å². The highest BCUT2D eigenvalue weighted by Gasteiger charge is 2.43. The van der Waals surface area contributed by atoms with Crippen molar-refractivity contribution in [1.29, 1.82) is 0 Å². The molecular weight excluding hydrogens is 552 g/mol. The fraction of sp³-hybridized carbons (Fsp3) is 0.361. The van der Waals surface area contributed by atoms with Gasteiger partial charge in [-0.2, -0.15) is 4.98 Å². The maximum Gasteiger partial charge on any atom is 0.410 e. The number of carbonyl (C=O) groups excluding carboxylic acids is 1. The van der Waals surface area contributed by atoms with Crippen LogP contribution in [0.3, 0.4) is 0 Å². The summed E-state index contributed by atoms with van der Waals surface area (Å²) >= 11 is 0. The fourth-order valence-electron chi connectivity index (χ4n) is 6.01. The highest BCUT2D eigenvalue weighted by molar-refractivity contribution is 5.71. The quantitative estimate of drug-likeness (QED) is 0.214. The first-order valence-corrected chi connectivity index (χ1v) is 15.3. The van der Waals surface area contributed by atoms with Crippen LogP contribution in [0.5, 0.6) is 11.8 Å². The standard InChI is InChI=1S/C36H40N4O4/c1-25-32(40-28-15-16-29(40)22-39(21-28)35(41)44-36(2,3)4)19-18-31(37-25)30-17-20-33(42-23-26-11-7-5-8-12-26)38-34(30)43-24-27-13-9-6-10-14-27/h5-14,17-20,28-29H,15-16,21-24H2,1-4H3. The van der Waals surface area contributed by atoms with E-state index < -0.39 is 5.60 Å². The van der Waals surface area contributed by atoms with Crippen LogP contribution in [0.4, 0.5) is 10.5 Å². The van der Waals surface area contributed by atoms with Gasteiger partial charge in [0.25, 0.3) is 0 Å². The van der Waals surface area contributed by atoms with Gasteiger partial charge in [0.05, 0.1) is 22.6 Å². The predicted octanol–water partition coefficient (Wildman–Crippen LogP) is 7.20. The second-order valence-corrected chi connectivity index (χ2v) is 12.5. The number of anilines is 1. The molecule has 0 radical (unpaired) electrons. The first kappa shape index (κ1) is 29.5. The summed E-state index contributed by atoms with van der Waals surface area (Å²) in [6.07, 6.45) is 1.85. The molecule has 228 valence electrons. The van der Waals surface area contributed by atoms with E-state index in [-0.39, 0.29) is 18.2 Å². The molecule has 0 N–H and O–H groups in total. The summed E-state index contributed by atoms with van der Waals surface area (Å²) in [5.74, 6) is 0.971. The van der Waals surface area contributed by atoms with E-state index in [4.69, 9.17) is 24.2 Å². The molecule has 2 aromatic heterocycles. The monoisotopic (exact) mass is 592 g/mol. The first-order valence-electron chi connectivity index (χ1n) is 15.3. The third-order valence-electron chi connectivity index (χ3n) is 8.03. The molecular formula is C36H40N4O4. The lowest BCUT2D eigenvalue weighted by molar-refractivity contribution is 0.0209. The molecule has 8 heteroatoms. The number of likely N-dealkylation sites (tertiary alicyclic amines) is 1. The number of benzene rings is 2. The molecule has 2 aromatic carbocycles. The molecule has 4 heterocycles. The number of rotatable bonds is 8. The number of aromatic nitrogens is 2. The van der Waals surface area contributed by atoms with Crippen molar-refractivity contribution in [2.24, 2.45) is 0 Å². The summed E-state index contributed by atoms with van der Waals surface area (Å²) in [7, 11) is 0. The molecule has 0 aliphatic carbocycles. The molecule has 6 rings (SSSR count). The Bertz CT molecular complexity index is 1580. The van der Waals surface area contributed by atoms with Crippen molar-refractivity contribution in [2.75, 3.05) is 18.0 Å². The average Bonchev–Trinajstić information content (AvgIpc) is 3.26. The largest absolute Gasteiger partial charge is 0.473 e. The maximum absolute atomic E-state index is 12.8. The Morgan fingerprint density at radius 2 is 1.41 bits per heavy atom. The number of hydrogen-bond acceptors (Lipinski definition) is 7. The van der Waals surface area contributed by atoms with Crippen molar-refractivity contribution in [3.63, 3.8) is 0 Å². The number of aryl methyl sites for hydroxylation is 1. The zero-order valence-corrected chi connectivity index (χ0v) is 25.9. The number of fused-ring (bicyclic) bond motifs is 2. The second kappa shape index (κ2) is 12.6. The molecule has 44 heavy (non-hydrogen) atoms. The highest BCUT2D eigenvalue weighted by atomic mass is 16.6. The van der Waals surface area contributed by atoms with Crippen LogP contribution in [-0.4, -0.2) is 51.7 Å². The number of carbonyl (C=O) groups is 1. The van der Waals surface area contributed by atoms with Crippen LogP contribution in [0.2, 0.25) is 0 Å². The molecule has 2 unspecified atom stereocenters. The number of nitrogens with zero attached hydrogens (tertiary/aromatic N) is 4. The van der Waals surface area contributed by atoms with E-state index in [0.717, 1.165) is 46.6 Å². The van der Waals surface area contributed by atoms with Gasteiger partial charge in [0.2, 0.25) is 11.8 Å². The molecule has 2 bridgehead atoms. The van der Waals surface area contributed by atoms with Crippen molar-refractivity contribution in [1.82, 2.24) is 14.9 Å². The predicted molar refractivity (Wildman–Crippen MR) is 171 cm³/mol. The molecule has 2 fully saturated rings. The van der Waals surface area contributed by atoms with Crippen molar-refractivity contribution in [3.05, 3.63) is 102 Å². The molecule has 0 saturated carbocycles. The summed E-state index contributed by atoms with van der Waals surface area (Å²) in [5.41, 5.74) is 5.25. The van der Waals surface area contributed by atoms with E-state index in [2.05, 4.69) is 11.0 Å². The minimum Gasteiger partial charge on any atom is -0.473 e. The van der Waals surface area contributed by atoms with E-state index in [9.17, 15) is 4.79 Å². The highest BCUT2D eigenvalue weighted by Crippen LogP contribution is 2.38. The molecule has 2 atom stereocenters. The summed E-state index contributed by atoms with van der Waals surface area (Å²) < 4.78 is 18.0. The van der Waals surface area contributed by atoms with Gasteiger partial charge in [-0.05, 0) is 69.9 Å². The van der Waals surface area contributed by atoms with E-state index in [1.807, 2.05) is 111 Å². The Balaban J connectivity index is 1.22. The molecule has 4 aromatic rings. The van der Waals surface area contributed by atoms with Crippen LogP contribution < -0.4 is 14.4 Å². The summed E-state index contributed by atoms with van der Waals surface area (Å²) in [5, 5.41) is 0. The van der Waals surface area contributed by atoms with Gasteiger partial charge in [0, 0.05) is 31.2 Å². The van der Waals surface area contributed by atoms with Crippen molar-refractivity contribution in [3.8, 4) is 23.0 Å². The fourth-order valence-corrected chi connectivity index (χ4v) is 6.01. The van der Waals surface area contributed by atoms with Crippen LogP contribution in [0.25, 0.3) is 11.3 Å². The Morgan fingerprint density at radius 3 is 2.00 bits per heavy atom. The van der Waals surface area contributed by atoms with Gasteiger partial charge in [-0.1, -0.05) is 60.7 Å². The van der Waals surface area contributed by atoms with E-state index in [1.54, 1.807) is 0 Å². The number of hydrogen-bond donors (Lipinski definition) is 0. The third kappa shape index (κ3) is 6.80. The maximum atomic E-state index is 12.8. The van der Waals surface area contributed by atoms with Gasteiger partial charge in [-0.3, -0.25) is 4.98 Å². The SMILES string of the molecule is Cc1nc(-c2ccc(OCc3ccccc3)nc2OCc2ccccc2)ccc1N1C2CCC1CN(C(=O)OC(C)(C)C)C2. The van der Waals surface area contributed by atoms with Crippen molar-refractivity contribution >= 4 is 11.8 Å². The Kier molecular flexibility index (Phi) is 8.42. The van der Waals surface area contributed by atoms with Gasteiger partial charge in [-0.25, -0.2) is 4.79 Å². The molecule has 2 saturated heterocycles. The number of piperazine rings is 1. The van der Waals surface area contributed by atoms with E-state index in [1.165, 1.54) is 0 Å². The molecule has 8 nitrogen and oxygen atoms in total. The molecule has 1 amide bonds. The summed E-state index contributed by atoms with van der Waals surface area (Å²) in [6.45, 7) is 9.87. The third-order valence-corrected chi connectivity index (χ3v) is 8.03. The Labute approximate surface area is 259 Å². The topological polar surface area (TPSA) is 77.0 Å². The van der Waals surface area contributed by atoms with Crippen LogP contribution >= 0.6 is 0 Å². The van der Waals surface area contributed by atoms with Crippen LogP contribution in [-0.2, 0) is 18.0 Å². The van der Waals surface area contributed by atoms with Crippen molar-refractivity contribution in [2.45, 2.75) is 71.4 Å². The van der Waals surface area contributed by atoms with E-state index >= 15 is 0 Å². The first-order chi connectivity index (χ1) is 21.2. The number of ether oxygens (including phenoxy) is 3. The van der Waals surface area contributed by atoms with Gasteiger partial charge in [-0.15, -0.1) is 0 Å².